The fraction of sp³-hybridized carbons (Fsp3) is 1.00. The van der Waals surface area contributed by atoms with Gasteiger partial charge in [0.2, 0.25) is 0 Å². The molecule has 0 aliphatic rings. The summed E-state index contributed by atoms with van der Waals surface area (Å²) >= 11 is 0. The van der Waals surface area contributed by atoms with Gasteiger partial charge < -0.3 is 0 Å². The maximum absolute atomic E-state index is 13.4. The Bertz CT molecular complexity index is 680. The molecule has 170 valence electrons. The first kappa shape index (κ1) is 27.1. The standard InChI is InChI=1S/C7ClF15O4S/c8-28(24,25)7(23,4(16,17)18)27-5(19,20)1(9,2(10,11)12)26-6(21,22)3(13,14)15. The van der Waals surface area contributed by atoms with E-state index in [1.54, 1.807) is 0 Å². The molecule has 2 atom stereocenters. The van der Waals surface area contributed by atoms with Gasteiger partial charge in [-0.15, -0.1) is 0 Å². The van der Waals surface area contributed by atoms with Gasteiger partial charge in [0.25, 0.3) is 0 Å². The minimum absolute atomic E-state index is 1.29. The predicted octanol–water partition coefficient (Wildman–Crippen LogP) is 4.75. The Morgan fingerprint density at radius 3 is 1.11 bits per heavy atom. The molecule has 0 bridgehead atoms. The van der Waals surface area contributed by atoms with Gasteiger partial charge in [-0.2, -0.15) is 65.9 Å². The molecule has 0 aliphatic heterocycles. The summed E-state index contributed by atoms with van der Waals surface area (Å²) in [5, 5.41) is -7.12. The van der Waals surface area contributed by atoms with Crippen molar-refractivity contribution in [3.05, 3.63) is 0 Å². The van der Waals surface area contributed by atoms with Crippen LogP contribution in [0.4, 0.5) is 65.9 Å². The zero-order chi connectivity index (χ0) is 23.4. The Labute approximate surface area is 146 Å². The minimum Gasteiger partial charge on any atom is -0.260 e. The molecule has 0 amide bonds. The summed E-state index contributed by atoms with van der Waals surface area (Å²) in [5.41, 5.74) is 0. The Morgan fingerprint density at radius 2 is 0.893 bits per heavy atom. The molecule has 0 saturated heterocycles. The monoisotopic (exact) mass is 500 g/mol. The molecule has 4 nitrogen and oxygen atoms in total. The molecule has 0 fully saturated rings. The van der Waals surface area contributed by atoms with Crippen molar-refractivity contribution < 1.29 is 83.7 Å². The van der Waals surface area contributed by atoms with Crippen LogP contribution in [0, 0.1) is 0 Å². The topological polar surface area (TPSA) is 52.6 Å². The number of ether oxygens (including phenoxy) is 2. The molecule has 0 saturated carbocycles. The lowest BCUT2D eigenvalue weighted by Crippen LogP contribution is -2.66. The zero-order valence-corrected chi connectivity index (χ0v) is 13.2. The van der Waals surface area contributed by atoms with Crippen molar-refractivity contribution in [3.8, 4) is 0 Å². The van der Waals surface area contributed by atoms with E-state index in [0.717, 1.165) is 0 Å². The molecule has 0 rings (SSSR count). The second-order valence-corrected chi connectivity index (χ2v) is 6.92. The molecule has 0 aromatic carbocycles. The van der Waals surface area contributed by atoms with Crippen molar-refractivity contribution in [1.82, 2.24) is 0 Å². The Kier molecular flexibility index (Phi) is 6.61. The molecule has 0 aliphatic carbocycles. The molecule has 21 heteroatoms. The summed E-state index contributed by atoms with van der Waals surface area (Å²) in [6.45, 7) is 0. The van der Waals surface area contributed by atoms with Crippen LogP contribution in [0.25, 0.3) is 0 Å². The molecule has 0 aromatic rings. The van der Waals surface area contributed by atoms with Gasteiger partial charge in [0.15, 0.2) is 0 Å². The van der Waals surface area contributed by atoms with Gasteiger partial charge in [0, 0.05) is 10.7 Å². The third kappa shape index (κ3) is 4.64. The van der Waals surface area contributed by atoms with E-state index >= 15 is 0 Å². The molecule has 0 spiro atoms. The van der Waals surface area contributed by atoms with Gasteiger partial charge in [-0.1, -0.05) is 0 Å². The quantitative estimate of drug-likeness (QED) is 0.390. The van der Waals surface area contributed by atoms with Crippen molar-refractivity contribution in [2.75, 3.05) is 0 Å². The highest BCUT2D eigenvalue weighted by molar-refractivity contribution is 8.14. The second kappa shape index (κ2) is 6.83. The molecule has 0 heterocycles. The number of hydrogen-bond acceptors (Lipinski definition) is 4. The van der Waals surface area contributed by atoms with E-state index in [1.165, 1.54) is 9.47 Å². The van der Waals surface area contributed by atoms with Crippen LogP contribution < -0.4 is 0 Å². The van der Waals surface area contributed by atoms with Gasteiger partial charge in [0.05, 0.1) is 0 Å². The van der Waals surface area contributed by atoms with E-state index in [-0.39, 0.29) is 0 Å². The lowest BCUT2D eigenvalue weighted by Gasteiger charge is -2.38. The van der Waals surface area contributed by atoms with E-state index < -0.39 is 50.8 Å². The van der Waals surface area contributed by atoms with Crippen molar-refractivity contribution in [2.45, 2.75) is 41.8 Å². The summed E-state index contributed by atoms with van der Waals surface area (Å²) < 4.78 is 211. The Balaban J connectivity index is 6.62. The maximum atomic E-state index is 13.4. The summed E-state index contributed by atoms with van der Waals surface area (Å²) in [6, 6.07) is 0. The Hall–Kier alpha value is -0.890. The number of rotatable bonds is 6. The molecule has 28 heavy (non-hydrogen) atoms. The highest BCUT2D eigenvalue weighted by Crippen LogP contribution is 2.55. The summed E-state index contributed by atoms with van der Waals surface area (Å²) in [7, 11) is -3.51. The van der Waals surface area contributed by atoms with Crippen LogP contribution in [-0.4, -0.2) is 50.2 Å². The third-order valence-corrected chi connectivity index (χ3v) is 3.79. The van der Waals surface area contributed by atoms with E-state index in [1.807, 2.05) is 0 Å². The molecular weight excluding hydrogens is 501 g/mol. The smallest absolute Gasteiger partial charge is 0.260 e. The second-order valence-electron chi connectivity index (χ2n) is 4.30. The van der Waals surface area contributed by atoms with Gasteiger partial charge >= 0.3 is 50.8 Å². The van der Waals surface area contributed by atoms with Crippen LogP contribution in [0.3, 0.4) is 0 Å². The average Bonchev–Trinajstić information content (AvgIpc) is 2.31. The number of hydrogen-bond donors (Lipinski definition) is 0. The van der Waals surface area contributed by atoms with Crippen LogP contribution in [0.1, 0.15) is 0 Å². The normalized spacial score (nSPS) is 19.9. The summed E-state index contributed by atoms with van der Waals surface area (Å²) in [5.74, 6) is -7.87. The van der Waals surface area contributed by atoms with Crippen molar-refractivity contribution in [3.63, 3.8) is 0 Å². The van der Waals surface area contributed by atoms with E-state index in [2.05, 4.69) is 10.7 Å². The zero-order valence-electron chi connectivity index (χ0n) is 11.6. The largest absolute Gasteiger partial charge is 0.483 e. The first-order chi connectivity index (χ1) is 11.7. The lowest BCUT2D eigenvalue weighted by molar-refractivity contribution is -0.542. The number of alkyl halides is 15. The van der Waals surface area contributed by atoms with Crippen molar-refractivity contribution >= 4 is 19.7 Å². The van der Waals surface area contributed by atoms with Gasteiger partial charge in [-0.25, -0.2) is 8.42 Å². The summed E-state index contributed by atoms with van der Waals surface area (Å²) in [6.07, 6.45) is -37.8. The number of halogens is 16. The van der Waals surface area contributed by atoms with Gasteiger partial charge in [0.1, 0.15) is 0 Å². The van der Waals surface area contributed by atoms with Crippen molar-refractivity contribution in [2.24, 2.45) is 0 Å². The minimum atomic E-state index is -7.87. The molecule has 2 unspecified atom stereocenters. The van der Waals surface area contributed by atoms with E-state index in [0.29, 0.717) is 0 Å². The molecule has 0 N–H and O–H groups in total. The lowest BCUT2D eigenvalue weighted by atomic mass is 10.2. The average molecular weight is 501 g/mol. The van der Waals surface area contributed by atoms with Crippen molar-refractivity contribution in [1.29, 1.82) is 0 Å². The Morgan fingerprint density at radius 1 is 0.536 bits per heavy atom. The van der Waals surface area contributed by atoms with Crippen LogP contribution in [-0.2, 0) is 18.5 Å². The molecule has 0 radical (unpaired) electrons. The van der Waals surface area contributed by atoms with Crippen LogP contribution in [0.5, 0.6) is 0 Å². The predicted molar refractivity (Wildman–Crippen MR) is 52.7 cm³/mol. The fourth-order valence-electron chi connectivity index (χ4n) is 0.993. The molecular formula is C7ClF15O4S. The van der Waals surface area contributed by atoms with Crippen LogP contribution >= 0.6 is 10.7 Å². The highest BCUT2D eigenvalue weighted by Gasteiger charge is 2.84. The first-order valence-corrected chi connectivity index (χ1v) is 7.65. The SMILES string of the molecule is O=S(=O)(Cl)C(F)(OC(F)(F)C(F)(OC(F)(F)C(F)(F)F)C(F)(F)F)C(F)(F)F. The van der Waals surface area contributed by atoms with Crippen LogP contribution in [0.15, 0.2) is 0 Å². The first-order valence-electron chi connectivity index (χ1n) is 5.34. The van der Waals surface area contributed by atoms with Gasteiger partial charge in [-0.05, 0) is 0 Å². The maximum Gasteiger partial charge on any atom is 0.483 e. The third-order valence-electron chi connectivity index (χ3n) is 2.25. The van der Waals surface area contributed by atoms with E-state index in [9.17, 15) is 74.3 Å². The van der Waals surface area contributed by atoms with E-state index in [4.69, 9.17) is 0 Å². The fourth-order valence-corrected chi connectivity index (χ4v) is 1.83. The van der Waals surface area contributed by atoms with Crippen LogP contribution in [0.2, 0.25) is 0 Å². The highest BCUT2D eigenvalue weighted by atomic mass is 35.7. The molecule has 0 aromatic heterocycles. The summed E-state index contributed by atoms with van der Waals surface area (Å²) in [4.78, 5) is 0. The van der Waals surface area contributed by atoms with Gasteiger partial charge in [-0.3, -0.25) is 9.47 Å².